The van der Waals surface area contributed by atoms with Gasteiger partial charge in [-0.05, 0) is 17.7 Å². The Morgan fingerprint density at radius 3 is 3.00 bits per heavy atom. The summed E-state index contributed by atoms with van der Waals surface area (Å²) in [5, 5.41) is 7.01. The van der Waals surface area contributed by atoms with Gasteiger partial charge in [-0.25, -0.2) is 0 Å². The molecule has 0 radical (unpaired) electrons. The second-order valence-corrected chi connectivity index (χ2v) is 6.67. The lowest BCUT2D eigenvalue weighted by atomic mass is 9.84. The summed E-state index contributed by atoms with van der Waals surface area (Å²) < 4.78 is 6.60. The Morgan fingerprint density at radius 2 is 2.32 bits per heavy atom. The third-order valence-electron chi connectivity index (χ3n) is 3.56. The summed E-state index contributed by atoms with van der Waals surface area (Å²) >= 11 is 3.54. The van der Waals surface area contributed by atoms with Gasteiger partial charge in [0.2, 0.25) is 0 Å². The van der Waals surface area contributed by atoms with Gasteiger partial charge in [0.05, 0.1) is 13.2 Å². The zero-order valence-electron chi connectivity index (χ0n) is 11.7. The molecule has 2 N–H and O–H groups in total. The van der Waals surface area contributed by atoms with E-state index in [9.17, 15) is 0 Å². The molecule has 3 nitrogen and oxygen atoms in total. The average molecular weight is 327 g/mol. The summed E-state index contributed by atoms with van der Waals surface area (Å²) in [7, 11) is 0. The van der Waals surface area contributed by atoms with Crippen molar-refractivity contribution >= 4 is 15.9 Å². The smallest absolute Gasteiger partial charge is 0.0632 e. The SMILES string of the molecule is CC(C)(CNCC1COCCN1)c1cccc(Br)c1. The standard InChI is InChI=1S/C15H23BrN2O/c1-15(2,12-4-3-5-13(16)8-12)11-17-9-14-10-19-7-6-18-14/h3-5,8,14,17-18H,6-7,9-11H2,1-2H3. The molecule has 0 aromatic heterocycles. The molecule has 1 fully saturated rings. The first-order valence-electron chi connectivity index (χ1n) is 6.86. The molecule has 1 aromatic carbocycles. The van der Waals surface area contributed by atoms with E-state index in [4.69, 9.17) is 4.74 Å². The summed E-state index contributed by atoms with van der Waals surface area (Å²) in [5.74, 6) is 0. The zero-order chi connectivity index (χ0) is 13.7. The predicted molar refractivity (Wildman–Crippen MR) is 82.6 cm³/mol. The van der Waals surface area contributed by atoms with Crippen LogP contribution in [0.2, 0.25) is 0 Å². The fraction of sp³-hybridized carbons (Fsp3) is 0.600. The Morgan fingerprint density at radius 1 is 1.47 bits per heavy atom. The molecule has 1 atom stereocenters. The van der Waals surface area contributed by atoms with E-state index >= 15 is 0 Å². The number of morpholine rings is 1. The summed E-state index contributed by atoms with van der Waals surface area (Å²) in [5.41, 5.74) is 1.47. The van der Waals surface area contributed by atoms with Crippen LogP contribution in [0.25, 0.3) is 0 Å². The second-order valence-electron chi connectivity index (χ2n) is 5.75. The summed E-state index contributed by atoms with van der Waals surface area (Å²) in [6.07, 6.45) is 0. The molecule has 19 heavy (non-hydrogen) atoms. The van der Waals surface area contributed by atoms with Crippen molar-refractivity contribution < 1.29 is 4.74 Å². The van der Waals surface area contributed by atoms with Crippen LogP contribution in [0.4, 0.5) is 0 Å². The van der Waals surface area contributed by atoms with Crippen molar-refractivity contribution in [3.63, 3.8) is 0 Å². The number of rotatable bonds is 5. The molecular weight excluding hydrogens is 304 g/mol. The minimum absolute atomic E-state index is 0.124. The Bertz CT molecular complexity index is 403. The molecule has 0 saturated carbocycles. The van der Waals surface area contributed by atoms with Crippen molar-refractivity contribution in [3.8, 4) is 0 Å². The van der Waals surface area contributed by atoms with Gasteiger partial charge < -0.3 is 15.4 Å². The highest BCUT2D eigenvalue weighted by atomic mass is 79.9. The minimum Gasteiger partial charge on any atom is -0.378 e. The molecule has 0 spiro atoms. The van der Waals surface area contributed by atoms with Gasteiger partial charge >= 0.3 is 0 Å². The maximum atomic E-state index is 5.46. The van der Waals surface area contributed by atoms with Gasteiger partial charge in [-0.2, -0.15) is 0 Å². The highest BCUT2D eigenvalue weighted by Crippen LogP contribution is 2.24. The molecule has 0 bridgehead atoms. The number of hydrogen-bond donors (Lipinski definition) is 2. The van der Waals surface area contributed by atoms with Crippen LogP contribution in [0.5, 0.6) is 0 Å². The van der Waals surface area contributed by atoms with Gasteiger partial charge in [0.25, 0.3) is 0 Å². The molecule has 1 aromatic rings. The van der Waals surface area contributed by atoms with E-state index in [-0.39, 0.29) is 5.41 Å². The highest BCUT2D eigenvalue weighted by molar-refractivity contribution is 9.10. The van der Waals surface area contributed by atoms with E-state index in [1.54, 1.807) is 0 Å². The van der Waals surface area contributed by atoms with Crippen LogP contribution < -0.4 is 10.6 Å². The van der Waals surface area contributed by atoms with E-state index in [1.807, 2.05) is 0 Å². The van der Waals surface area contributed by atoms with Crippen molar-refractivity contribution in [2.75, 3.05) is 32.8 Å². The van der Waals surface area contributed by atoms with Gasteiger partial charge in [-0.1, -0.05) is 41.9 Å². The van der Waals surface area contributed by atoms with E-state index in [2.05, 4.69) is 64.7 Å². The highest BCUT2D eigenvalue weighted by Gasteiger charge is 2.21. The fourth-order valence-corrected chi connectivity index (χ4v) is 2.72. The van der Waals surface area contributed by atoms with Crippen LogP contribution in [0.3, 0.4) is 0 Å². The molecule has 1 aliphatic heterocycles. The topological polar surface area (TPSA) is 33.3 Å². The minimum atomic E-state index is 0.124. The van der Waals surface area contributed by atoms with Crippen LogP contribution in [0, 0.1) is 0 Å². The van der Waals surface area contributed by atoms with E-state index in [0.29, 0.717) is 6.04 Å². The molecule has 4 heteroatoms. The fourth-order valence-electron chi connectivity index (χ4n) is 2.32. The van der Waals surface area contributed by atoms with Gasteiger partial charge in [0.15, 0.2) is 0 Å². The second kappa shape index (κ2) is 6.84. The molecular formula is C15H23BrN2O. The quantitative estimate of drug-likeness (QED) is 0.871. The van der Waals surface area contributed by atoms with E-state index < -0.39 is 0 Å². The van der Waals surface area contributed by atoms with Gasteiger partial charge in [0.1, 0.15) is 0 Å². The van der Waals surface area contributed by atoms with Gasteiger partial charge in [-0.15, -0.1) is 0 Å². The Hall–Kier alpha value is -0.420. The molecule has 1 saturated heterocycles. The van der Waals surface area contributed by atoms with Crippen molar-refractivity contribution in [2.45, 2.75) is 25.3 Å². The first kappa shape index (κ1) is 15.0. The molecule has 0 aliphatic carbocycles. The van der Waals surface area contributed by atoms with Crippen LogP contribution in [-0.2, 0) is 10.2 Å². The molecule has 0 amide bonds. The van der Waals surface area contributed by atoms with Crippen LogP contribution in [0.15, 0.2) is 28.7 Å². The van der Waals surface area contributed by atoms with Crippen LogP contribution in [0.1, 0.15) is 19.4 Å². The zero-order valence-corrected chi connectivity index (χ0v) is 13.3. The van der Waals surface area contributed by atoms with Crippen molar-refractivity contribution in [3.05, 3.63) is 34.3 Å². The lowest BCUT2D eigenvalue weighted by molar-refractivity contribution is 0.0764. The number of halogens is 1. The number of benzene rings is 1. The lowest BCUT2D eigenvalue weighted by Gasteiger charge is -2.29. The summed E-state index contributed by atoms with van der Waals surface area (Å²) in [6, 6.07) is 8.98. The largest absolute Gasteiger partial charge is 0.378 e. The molecule has 106 valence electrons. The third kappa shape index (κ3) is 4.56. The van der Waals surface area contributed by atoms with E-state index in [1.165, 1.54) is 5.56 Å². The Labute approximate surface area is 124 Å². The average Bonchev–Trinajstić information content (AvgIpc) is 2.40. The van der Waals surface area contributed by atoms with Gasteiger partial charge in [0, 0.05) is 35.6 Å². The monoisotopic (exact) mass is 326 g/mol. The lowest BCUT2D eigenvalue weighted by Crippen LogP contribution is -2.48. The Kier molecular flexibility index (Phi) is 5.39. The molecule has 2 rings (SSSR count). The number of nitrogens with one attached hydrogen (secondary N) is 2. The predicted octanol–water partition coefficient (Wildman–Crippen LogP) is 2.30. The third-order valence-corrected chi connectivity index (χ3v) is 4.06. The summed E-state index contributed by atoms with van der Waals surface area (Å²) in [6.45, 7) is 9.06. The molecule has 1 heterocycles. The van der Waals surface area contributed by atoms with Crippen molar-refractivity contribution in [1.29, 1.82) is 0 Å². The number of hydrogen-bond acceptors (Lipinski definition) is 3. The number of ether oxygens (including phenoxy) is 1. The first-order valence-corrected chi connectivity index (χ1v) is 7.65. The van der Waals surface area contributed by atoms with Crippen LogP contribution >= 0.6 is 15.9 Å². The maximum absolute atomic E-state index is 5.46. The maximum Gasteiger partial charge on any atom is 0.0632 e. The summed E-state index contributed by atoms with van der Waals surface area (Å²) in [4.78, 5) is 0. The van der Waals surface area contributed by atoms with E-state index in [0.717, 1.165) is 37.3 Å². The van der Waals surface area contributed by atoms with Crippen molar-refractivity contribution in [2.24, 2.45) is 0 Å². The molecule has 1 aliphatic rings. The molecule has 1 unspecified atom stereocenters. The van der Waals surface area contributed by atoms with Gasteiger partial charge in [-0.3, -0.25) is 0 Å². The van der Waals surface area contributed by atoms with Crippen LogP contribution in [-0.4, -0.2) is 38.9 Å². The van der Waals surface area contributed by atoms with Crippen molar-refractivity contribution in [1.82, 2.24) is 10.6 Å². The first-order chi connectivity index (χ1) is 9.08. The Balaban J connectivity index is 1.83. The normalized spacial score (nSPS) is 20.5.